The van der Waals surface area contributed by atoms with Gasteiger partial charge in [-0.05, 0) is 19.4 Å². The van der Waals surface area contributed by atoms with Crippen LogP contribution < -0.4 is 5.32 Å². The van der Waals surface area contributed by atoms with Crippen LogP contribution >= 0.6 is 0 Å². The van der Waals surface area contributed by atoms with E-state index in [9.17, 15) is 24.3 Å². The molecule has 0 aliphatic carbocycles. The topological polar surface area (TPSA) is 148 Å². The van der Waals surface area contributed by atoms with Crippen LogP contribution in [0.15, 0.2) is 24.3 Å². The van der Waals surface area contributed by atoms with E-state index in [0.717, 1.165) is 4.68 Å². The zero-order valence-electron chi connectivity index (χ0n) is 14.5. The predicted molar refractivity (Wildman–Crippen MR) is 92.5 cm³/mol. The Kier molecular flexibility index (Phi) is 6.47. The summed E-state index contributed by atoms with van der Waals surface area (Å²) in [6.45, 7) is 1.62. The molecular formula is C17H19N3O7. The fourth-order valence-corrected chi connectivity index (χ4v) is 2.38. The molecule has 0 saturated heterocycles. The number of carboxylic acid groups (broad SMARTS) is 2. The molecule has 1 heterocycles. The minimum atomic E-state index is -1.26. The van der Waals surface area contributed by atoms with Crippen LogP contribution in [0, 0.1) is 0 Å². The van der Waals surface area contributed by atoms with Crippen LogP contribution in [0.3, 0.4) is 0 Å². The summed E-state index contributed by atoms with van der Waals surface area (Å²) in [6, 6.07) is 6.37. The van der Waals surface area contributed by atoms with Crippen molar-refractivity contribution in [3.8, 4) is 0 Å². The van der Waals surface area contributed by atoms with Crippen molar-refractivity contribution in [2.45, 2.75) is 32.3 Å². The Labute approximate surface area is 153 Å². The van der Waals surface area contributed by atoms with E-state index < -0.39 is 24.1 Å². The normalized spacial score (nSPS) is 11.7. The number of fused-ring (bicyclic) bond motifs is 1. The van der Waals surface area contributed by atoms with Gasteiger partial charge in [0.05, 0.1) is 11.9 Å². The Morgan fingerprint density at radius 1 is 1.19 bits per heavy atom. The van der Waals surface area contributed by atoms with Crippen LogP contribution in [-0.4, -0.2) is 56.6 Å². The number of para-hydroxylation sites is 1. The maximum absolute atomic E-state index is 12.3. The number of carboxylic acids is 2. The number of hydrogen-bond donors (Lipinski definition) is 3. The molecule has 1 atom stereocenters. The molecule has 0 aliphatic heterocycles. The van der Waals surface area contributed by atoms with Gasteiger partial charge in [-0.3, -0.25) is 9.59 Å². The van der Waals surface area contributed by atoms with Crippen molar-refractivity contribution in [1.29, 1.82) is 0 Å². The van der Waals surface area contributed by atoms with E-state index in [1.54, 1.807) is 31.2 Å². The predicted octanol–water partition coefficient (Wildman–Crippen LogP) is 1.48. The number of hydrogen-bond acceptors (Lipinski definition) is 6. The lowest BCUT2D eigenvalue weighted by atomic mass is 10.2. The van der Waals surface area contributed by atoms with Crippen molar-refractivity contribution in [2.24, 2.45) is 0 Å². The van der Waals surface area contributed by atoms with E-state index in [4.69, 9.17) is 9.84 Å². The largest absolute Gasteiger partial charge is 0.481 e. The fourth-order valence-electron chi connectivity index (χ4n) is 2.38. The van der Waals surface area contributed by atoms with Crippen LogP contribution in [-0.2, 0) is 14.3 Å². The Hall–Kier alpha value is -3.43. The Morgan fingerprint density at radius 3 is 2.56 bits per heavy atom. The van der Waals surface area contributed by atoms with Gasteiger partial charge in [0, 0.05) is 18.4 Å². The number of aliphatic carboxylic acids is 1. The minimum Gasteiger partial charge on any atom is -0.481 e. The summed E-state index contributed by atoms with van der Waals surface area (Å²) in [5, 5.41) is 24.3. The Balaban J connectivity index is 1.95. The molecule has 10 heteroatoms. The molecule has 0 spiro atoms. The third kappa shape index (κ3) is 5.27. The van der Waals surface area contributed by atoms with Gasteiger partial charge < -0.3 is 20.3 Å². The SMILES string of the molecule is CC(CCC(=O)NCCC(=O)O)OC(=O)n1nc(C(=O)O)c2ccccc21. The van der Waals surface area contributed by atoms with Crippen molar-refractivity contribution in [2.75, 3.05) is 6.54 Å². The molecular weight excluding hydrogens is 358 g/mol. The third-order valence-corrected chi connectivity index (χ3v) is 3.70. The number of rotatable bonds is 8. The molecule has 1 unspecified atom stereocenters. The second-order valence-electron chi connectivity index (χ2n) is 5.81. The second kappa shape index (κ2) is 8.79. The van der Waals surface area contributed by atoms with Gasteiger partial charge in [0.15, 0.2) is 5.69 Å². The lowest BCUT2D eigenvalue weighted by molar-refractivity contribution is -0.136. The lowest BCUT2D eigenvalue weighted by Gasteiger charge is -2.13. The first-order valence-electron chi connectivity index (χ1n) is 8.20. The fraction of sp³-hybridized carbons (Fsp3) is 0.353. The van der Waals surface area contributed by atoms with Gasteiger partial charge in [-0.2, -0.15) is 9.78 Å². The zero-order valence-corrected chi connectivity index (χ0v) is 14.5. The number of amides is 1. The standard InChI is InChI=1S/C17H19N3O7/c1-10(6-7-13(21)18-9-8-14(22)23)27-17(26)20-12-5-3-2-4-11(12)15(19-20)16(24)25/h2-5,10H,6-9H2,1H3,(H,18,21)(H,22,23)(H,24,25). The van der Waals surface area contributed by atoms with E-state index in [2.05, 4.69) is 10.4 Å². The first-order chi connectivity index (χ1) is 12.8. The molecule has 2 aromatic rings. The lowest BCUT2D eigenvalue weighted by Crippen LogP contribution is -2.28. The smallest absolute Gasteiger partial charge is 0.435 e. The van der Waals surface area contributed by atoms with Crippen LogP contribution in [0.5, 0.6) is 0 Å². The molecule has 1 aromatic heterocycles. The number of benzene rings is 1. The van der Waals surface area contributed by atoms with Crippen molar-refractivity contribution < 1.29 is 34.1 Å². The summed E-state index contributed by atoms with van der Waals surface area (Å²) in [6.07, 6.45) is -1.38. The van der Waals surface area contributed by atoms with E-state index in [1.165, 1.54) is 0 Å². The summed E-state index contributed by atoms with van der Waals surface area (Å²) in [5.74, 6) is -2.62. The summed E-state index contributed by atoms with van der Waals surface area (Å²) in [5.41, 5.74) is 0.0477. The van der Waals surface area contributed by atoms with E-state index in [1.807, 2.05) is 0 Å². The number of aromatic nitrogens is 2. The highest BCUT2D eigenvalue weighted by Gasteiger charge is 2.21. The van der Waals surface area contributed by atoms with E-state index in [0.29, 0.717) is 10.9 Å². The van der Waals surface area contributed by atoms with Crippen molar-refractivity contribution in [3.05, 3.63) is 30.0 Å². The van der Waals surface area contributed by atoms with E-state index >= 15 is 0 Å². The molecule has 1 aromatic carbocycles. The maximum atomic E-state index is 12.3. The monoisotopic (exact) mass is 377 g/mol. The number of nitrogens with zero attached hydrogens (tertiary/aromatic N) is 2. The van der Waals surface area contributed by atoms with Crippen LogP contribution in [0.25, 0.3) is 10.9 Å². The highest BCUT2D eigenvalue weighted by molar-refractivity contribution is 6.03. The van der Waals surface area contributed by atoms with E-state index in [-0.39, 0.29) is 37.4 Å². The van der Waals surface area contributed by atoms with Gasteiger partial charge in [0.2, 0.25) is 5.91 Å². The number of ether oxygens (including phenoxy) is 1. The van der Waals surface area contributed by atoms with Gasteiger partial charge in [0.25, 0.3) is 0 Å². The number of carbonyl (C=O) groups excluding carboxylic acids is 2. The number of nitrogens with one attached hydrogen (secondary N) is 1. The van der Waals surface area contributed by atoms with Crippen molar-refractivity contribution >= 4 is 34.8 Å². The molecule has 1 amide bonds. The quantitative estimate of drug-likeness (QED) is 0.626. The molecule has 27 heavy (non-hydrogen) atoms. The molecule has 0 fully saturated rings. The van der Waals surface area contributed by atoms with Gasteiger partial charge in [0.1, 0.15) is 6.10 Å². The highest BCUT2D eigenvalue weighted by Crippen LogP contribution is 2.19. The Bertz CT molecular complexity index is 875. The van der Waals surface area contributed by atoms with Gasteiger partial charge in [-0.15, -0.1) is 0 Å². The highest BCUT2D eigenvalue weighted by atomic mass is 16.6. The summed E-state index contributed by atoms with van der Waals surface area (Å²) >= 11 is 0. The molecule has 0 radical (unpaired) electrons. The molecule has 3 N–H and O–H groups in total. The van der Waals surface area contributed by atoms with Crippen LogP contribution in [0.1, 0.15) is 36.7 Å². The summed E-state index contributed by atoms with van der Waals surface area (Å²) < 4.78 is 6.10. The summed E-state index contributed by atoms with van der Waals surface area (Å²) in [7, 11) is 0. The molecule has 10 nitrogen and oxygen atoms in total. The van der Waals surface area contributed by atoms with Crippen molar-refractivity contribution in [1.82, 2.24) is 15.1 Å². The molecule has 0 saturated carbocycles. The van der Waals surface area contributed by atoms with Crippen molar-refractivity contribution in [3.63, 3.8) is 0 Å². The Morgan fingerprint density at radius 2 is 1.89 bits per heavy atom. The molecule has 0 aliphatic rings. The van der Waals surface area contributed by atoms with Gasteiger partial charge in [-0.25, -0.2) is 9.59 Å². The average Bonchev–Trinajstić information content (AvgIpc) is 2.99. The molecule has 2 rings (SSSR count). The van der Waals surface area contributed by atoms with Crippen LogP contribution in [0.2, 0.25) is 0 Å². The molecule has 0 bridgehead atoms. The minimum absolute atomic E-state index is 0.0274. The molecule has 144 valence electrons. The first kappa shape index (κ1) is 19.9. The zero-order chi connectivity index (χ0) is 20.0. The van der Waals surface area contributed by atoms with Crippen LogP contribution in [0.4, 0.5) is 4.79 Å². The third-order valence-electron chi connectivity index (χ3n) is 3.70. The second-order valence-corrected chi connectivity index (χ2v) is 5.81. The average molecular weight is 377 g/mol. The first-order valence-corrected chi connectivity index (χ1v) is 8.20. The van der Waals surface area contributed by atoms with Gasteiger partial charge >= 0.3 is 18.0 Å². The maximum Gasteiger partial charge on any atom is 0.435 e. The number of aromatic carboxylic acids is 1. The summed E-state index contributed by atoms with van der Waals surface area (Å²) in [4.78, 5) is 45.6. The number of carbonyl (C=O) groups is 4. The van der Waals surface area contributed by atoms with Gasteiger partial charge in [-0.1, -0.05) is 18.2 Å².